The summed E-state index contributed by atoms with van der Waals surface area (Å²) in [4.78, 5) is 28.1. The topological polar surface area (TPSA) is 71.1 Å². The molecule has 0 bridgehead atoms. The van der Waals surface area contributed by atoms with Gasteiger partial charge in [-0.25, -0.2) is 0 Å². The summed E-state index contributed by atoms with van der Waals surface area (Å²) in [6.07, 6.45) is 1.56. The Kier molecular flexibility index (Phi) is 5.52. The lowest BCUT2D eigenvalue weighted by atomic mass is 10.1. The van der Waals surface area contributed by atoms with E-state index in [0.717, 1.165) is 16.9 Å². The molecule has 0 aliphatic heterocycles. The summed E-state index contributed by atoms with van der Waals surface area (Å²) in [6, 6.07) is 15.8. The van der Waals surface area contributed by atoms with E-state index >= 15 is 0 Å². The number of aromatic nitrogens is 1. The molecule has 0 saturated carbocycles. The second-order valence-corrected chi connectivity index (χ2v) is 6.47. The van der Waals surface area contributed by atoms with Crippen LogP contribution in [0.5, 0.6) is 0 Å². The van der Waals surface area contributed by atoms with Crippen molar-refractivity contribution in [2.24, 2.45) is 0 Å². The van der Waals surface area contributed by atoms with E-state index in [0.29, 0.717) is 16.3 Å². The molecule has 0 unspecified atom stereocenters. The van der Waals surface area contributed by atoms with Gasteiger partial charge in [0.15, 0.2) is 5.78 Å². The van der Waals surface area contributed by atoms with Gasteiger partial charge in [0.1, 0.15) is 5.69 Å². The number of carbonyl (C=O) groups is 2. The van der Waals surface area contributed by atoms with Crippen molar-refractivity contribution < 1.29 is 9.59 Å². The molecule has 3 rings (SSSR count). The molecule has 0 radical (unpaired) electrons. The lowest BCUT2D eigenvalue weighted by molar-refractivity contribution is 0.100. The van der Waals surface area contributed by atoms with Gasteiger partial charge in [-0.05, 0) is 55.8 Å². The summed E-state index contributed by atoms with van der Waals surface area (Å²) in [7, 11) is 0. The lowest BCUT2D eigenvalue weighted by Gasteiger charge is -2.11. The molecular formula is C21H18ClN3O2. The van der Waals surface area contributed by atoms with Gasteiger partial charge in [-0.15, -0.1) is 0 Å². The third-order valence-corrected chi connectivity index (χ3v) is 4.48. The van der Waals surface area contributed by atoms with E-state index in [-0.39, 0.29) is 17.4 Å². The molecule has 1 heterocycles. The van der Waals surface area contributed by atoms with Crippen molar-refractivity contribution in [3.05, 3.63) is 82.6 Å². The Morgan fingerprint density at radius 2 is 1.78 bits per heavy atom. The molecule has 0 saturated heterocycles. The Morgan fingerprint density at radius 1 is 1.00 bits per heavy atom. The Hall–Kier alpha value is -3.18. The van der Waals surface area contributed by atoms with Crippen LogP contribution in [0.2, 0.25) is 5.02 Å². The maximum Gasteiger partial charge on any atom is 0.274 e. The van der Waals surface area contributed by atoms with Gasteiger partial charge in [0.05, 0.1) is 0 Å². The quantitative estimate of drug-likeness (QED) is 0.594. The van der Waals surface area contributed by atoms with E-state index in [2.05, 4.69) is 15.6 Å². The highest BCUT2D eigenvalue weighted by molar-refractivity contribution is 6.31. The number of carbonyl (C=O) groups excluding carboxylic acids is 2. The molecule has 2 aromatic carbocycles. The monoisotopic (exact) mass is 379 g/mol. The Balaban J connectivity index is 1.78. The zero-order chi connectivity index (χ0) is 19.4. The molecule has 0 fully saturated rings. The molecule has 136 valence electrons. The molecule has 0 aliphatic carbocycles. The number of hydrogen-bond acceptors (Lipinski definition) is 4. The first-order chi connectivity index (χ1) is 12.9. The first-order valence-corrected chi connectivity index (χ1v) is 8.72. The zero-order valence-electron chi connectivity index (χ0n) is 14.9. The molecule has 2 N–H and O–H groups in total. The van der Waals surface area contributed by atoms with Crippen LogP contribution in [0.15, 0.2) is 60.8 Å². The SMILES string of the molecule is CC(=O)c1cccc(NC(=O)c2cc(Nc3cccc(Cl)c3C)ccn2)c1. The van der Waals surface area contributed by atoms with Gasteiger partial charge >= 0.3 is 0 Å². The second kappa shape index (κ2) is 8.01. The highest BCUT2D eigenvalue weighted by Crippen LogP contribution is 2.26. The first-order valence-electron chi connectivity index (χ1n) is 8.34. The number of halogens is 1. The third kappa shape index (κ3) is 4.51. The number of anilines is 3. The molecule has 1 amide bonds. The first kappa shape index (κ1) is 18.6. The minimum Gasteiger partial charge on any atom is -0.355 e. The lowest BCUT2D eigenvalue weighted by Crippen LogP contribution is -2.14. The van der Waals surface area contributed by atoms with Crippen molar-refractivity contribution in [2.75, 3.05) is 10.6 Å². The minimum absolute atomic E-state index is 0.0627. The third-order valence-electron chi connectivity index (χ3n) is 4.07. The second-order valence-electron chi connectivity index (χ2n) is 6.06. The maximum absolute atomic E-state index is 12.5. The largest absolute Gasteiger partial charge is 0.355 e. The van der Waals surface area contributed by atoms with E-state index in [1.54, 1.807) is 42.6 Å². The van der Waals surface area contributed by atoms with E-state index in [9.17, 15) is 9.59 Å². The smallest absolute Gasteiger partial charge is 0.274 e. The number of nitrogens with one attached hydrogen (secondary N) is 2. The van der Waals surface area contributed by atoms with Gasteiger partial charge in [-0.2, -0.15) is 0 Å². The molecular weight excluding hydrogens is 362 g/mol. The van der Waals surface area contributed by atoms with Gasteiger partial charge in [0, 0.05) is 33.8 Å². The van der Waals surface area contributed by atoms with Crippen molar-refractivity contribution in [1.29, 1.82) is 0 Å². The summed E-state index contributed by atoms with van der Waals surface area (Å²) in [5, 5.41) is 6.67. The number of amides is 1. The molecule has 6 heteroatoms. The summed E-state index contributed by atoms with van der Waals surface area (Å²) >= 11 is 6.15. The number of hydrogen-bond donors (Lipinski definition) is 2. The van der Waals surface area contributed by atoms with E-state index in [1.165, 1.54) is 6.92 Å². The number of pyridine rings is 1. The highest BCUT2D eigenvalue weighted by Gasteiger charge is 2.10. The number of benzene rings is 2. The van der Waals surface area contributed by atoms with Gasteiger partial charge in [-0.1, -0.05) is 29.8 Å². The number of Topliss-reactive ketones (excluding diaryl/α,β-unsaturated/α-hetero) is 1. The van der Waals surface area contributed by atoms with Gasteiger partial charge in [0.2, 0.25) is 0 Å². The average molecular weight is 380 g/mol. The number of nitrogens with zero attached hydrogens (tertiary/aromatic N) is 1. The van der Waals surface area contributed by atoms with Crippen LogP contribution in [0.4, 0.5) is 17.1 Å². The van der Waals surface area contributed by atoms with Crippen LogP contribution in [0.25, 0.3) is 0 Å². The normalized spacial score (nSPS) is 10.3. The van der Waals surface area contributed by atoms with Crippen molar-refractivity contribution in [3.63, 3.8) is 0 Å². The predicted molar refractivity (Wildman–Crippen MR) is 108 cm³/mol. The Bertz CT molecular complexity index is 1020. The molecule has 27 heavy (non-hydrogen) atoms. The van der Waals surface area contributed by atoms with Gasteiger partial charge in [0.25, 0.3) is 5.91 Å². The van der Waals surface area contributed by atoms with Crippen LogP contribution in [0, 0.1) is 6.92 Å². The molecule has 5 nitrogen and oxygen atoms in total. The maximum atomic E-state index is 12.5. The molecule has 0 spiro atoms. The van der Waals surface area contributed by atoms with Crippen LogP contribution < -0.4 is 10.6 Å². The highest BCUT2D eigenvalue weighted by atomic mass is 35.5. The number of ketones is 1. The average Bonchev–Trinajstić information content (AvgIpc) is 2.66. The standard InChI is InChI=1S/C21H18ClN3O2/c1-13-18(22)7-4-8-19(13)24-17-9-10-23-20(12-17)21(27)25-16-6-3-5-15(11-16)14(2)26/h3-12H,1-2H3,(H,23,24)(H,25,27). The molecule has 3 aromatic rings. The number of rotatable bonds is 5. The molecule has 1 aromatic heterocycles. The fraction of sp³-hybridized carbons (Fsp3) is 0.0952. The molecule has 0 atom stereocenters. The summed E-state index contributed by atoms with van der Waals surface area (Å²) in [5.41, 5.74) is 3.83. The van der Waals surface area contributed by atoms with Crippen LogP contribution in [-0.4, -0.2) is 16.7 Å². The van der Waals surface area contributed by atoms with Crippen LogP contribution >= 0.6 is 11.6 Å². The van der Waals surface area contributed by atoms with Crippen LogP contribution in [-0.2, 0) is 0 Å². The zero-order valence-corrected chi connectivity index (χ0v) is 15.7. The van der Waals surface area contributed by atoms with Crippen molar-refractivity contribution in [3.8, 4) is 0 Å². The van der Waals surface area contributed by atoms with Crippen molar-refractivity contribution >= 4 is 40.4 Å². The summed E-state index contributed by atoms with van der Waals surface area (Å²) < 4.78 is 0. The molecule has 0 aliphatic rings. The van der Waals surface area contributed by atoms with E-state index in [4.69, 9.17) is 11.6 Å². The summed E-state index contributed by atoms with van der Waals surface area (Å²) in [5.74, 6) is -0.422. The van der Waals surface area contributed by atoms with Crippen LogP contribution in [0.1, 0.15) is 33.3 Å². The fourth-order valence-electron chi connectivity index (χ4n) is 2.54. The van der Waals surface area contributed by atoms with Crippen LogP contribution in [0.3, 0.4) is 0 Å². The fourth-order valence-corrected chi connectivity index (χ4v) is 2.72. The minimum atomic E-state index is -0.359. The summed E-state index contributed by atoms with van der Waals surface area (Å²) in [6.45, 7) is 3.40. The van der Waals surface area contributed by atoms with Crippen molar-refractivity contribution in [1.82, 2.24) is 4.98 Å². The van der Waals surface area contributed by atoms with E-state index < -0.39 is 0 Å². The predicted octanol–water partition coefficient (Wildman–Crippen LogP) is 5.24. The van der Waals surface area contributed by atoms with Crippen molar-refractivity contribution in [2.45, 2.75) is 13.8 Å². The van der Waals surface area contributed by atoms with Gasteiger partial charge < -0.3 is 10.6 Å². The van der Waals surface area contributed by atoms with Gasteiger partial charge in [-0.3, -0.25) is 14.6 Å². The Labute approximate surface area is 162 Å². The van der Waals surface area contributed by atoms with E-state index in [1.807, 2.05) is 25.1 Å². The Morgan fingerprint density at radius 3 is 2.56 bits per heavy atom.